The number of likely N-dealkylation sites (N-methyl/N-ethyl adjacent to an activating group) is 1. The first-order valence-electron chi connectivity index (χ1n) is 8.64. The molecule has 0 aromatic heterocycles. The number of anilines is 1. The molecular weight excluding hydrogens is 328 g/mol. The van der Waals surface area contributed by atoms with Crippen molar-refractivity contribution in [1.29, 1.82) is 0 Å². The highest BCUT2D eigenvalue weighted by Gasteiger charge is 2.19. The third-order valence-corrected chi connectivity index (χ3v) is 3.73. The number of hydrogen-bond donors (Lipinski definition) is 2. The number of esters is 1. The highest BCUT2D eigenvalue weighted by Crippen LogP contribution is 2.15. The van der Waals surface area contributed by atoms with E-state index in [2.05, 4.69) is 10.6 Å². The van der Waals surface area contributed by atoms with Crippen LogP contribution in [-0.2, 0) is 16.0 Å². The summed E-state index contributed by atoms with van der Waals surface area (Å²) in [5.74, 6) is -0.506. The quantitative estimate of drug-likeness (QED) is 0.780. The lowest BCUT2D eigenvalue weighted by atomic mass is 10.1. The van der Waals surface area contributed by atoms with Crippen molar-refractivity contribution in [2.45, 2.75) is 38.8 Å². The fraction of sp³-hybridized carbons (Fsp3) is 0.333. The normalized spacial score (nSPS) is 12.3. The minimum absolute atomic E-state index is 0.124. The van der Waals surface area contributed by atoms with Gasteiger partial charge in [-0.15, -0.1) is 0 Å². The molecule has 5 nitrogen and oxygen atoms in total. The topological polar surface area (TPSA) is 67.4 Å². The standard InChI is InChI=1S/C21H26N2O3/c1-21(2,3)26-20(25)16-10-12-17(13-11-16)23-19(24)18(22-4)14-15-8-6-5-7-9-15/h5-13,18,22H,14H2,1-4H3,(H,23,24). The first-order chi connectivity index (χ1) is 12.3. The van der Waals surface area contributed by atoms with Gasteiger partial charge in [-0.05, 0) is 64.1 Å². The van der Waals surface area contributed by atoms with Gasteiger partial charge >= 0.3 is 5.97 Å². The number of benzene rings is 2. The number of nitrogens with one attached hydrogen (secondary N) is 2. The molecule has 0 radical (unpaired) electrons. The Bertz CT molecular complexity index is 734. The van der Waals surface area contributed by atoms with Crippen LogP contribution in [-0.4, -0.2) is 30.6 Å². The molecular formula is C21H26N2O3. The minimum atomic E-state index is -0.540. The molecule has 0 heterocycles. The van der Waals surface area contributed by atoms with Gasteiger partial charge in [0.05, 0.1) is 11.6 Å². The van der Waals surface area contributed by atoms with Crippen molar-refractivity contribution in [3.63, 3.8) is 0 Å². The molecule has 0 saturated carbocycles. The number of rotatable bonds is 6. The summed E-state index contributed by atoms with van der Waals surface area (Å²) in [6.07, 6.45) is 0.596. The van der Waals surface area contributed by atoms with Crippen molar-refractivity contribution in [1.82, 2.24) is 5.32 Å². The SMILES string of the molecule is CNC(Cc1ccccc1)C(=O)Nc1ccc(C(=O)OC(C)(C)C)cc1. The first kappa shape index (κ1) is 19.7. The molecule has 0 aliphatic rings. The van der Waals surface area contributed by atoms with Crippen molar-refractivity contribution < 1.29 is 14.3 Å². The van der Waals surface area contributed by atoms with Crippen LogP contribution in [0.5, 0.6) is 0 Å². The predicted octanol–water partition coefficient (Wildman–Crippen LogP) is 3.41. The Hall–Kier alpha value is -2.66. The molecule has 1 atom stereocenters. The minimum Gasteiger partial charge on any atom is -0.456 e. The van der Waals surface area contributed by atoms with Gasteiger partial charge in [0.1, 0.15) is 5.60 Å². The van der Waals surface area contributed by atoms with Crippen molar-refractivity contribution in [3.05, 3.63) is 65.7 Å². The lowest BCUT2D eigenvalue weighted by molar-refractivity contribution is -0.118. The molecule has 0 aliphatic heterocycles. The van der Waals surface area contributed by atoms with E-state index in [0.29, 0.717) is 17.7 Å². The molecule has 0 saturated heterocycles. The predicted molar refractivity (Wildman–Crippen MR) is 103 cm³/mol. The third kappa shape index (κ3) is 6.01. The van der Waals surface area contributed by atoms with Gasteiger partial charge in [-0.25, -0.2) is 4.79 Å². The molecule has 0 fully saturated rings. The van der Waals surface area contributed by atoms with Crippen molar-refractivity contribution in [2.24, 2.45) is 0 Å². The molecule has 1 amide bonds. The number of ether oxygens (including phenoxy) is 1. The summed E-state index contributed by atoms with van der Waals surface area (Å²) >= 11 is 0. The van der Waals surface area contributed by atoms with Crippen molar-refractivity contribution in [3.8, 4) is 0 Å². The molecule has 2 rings (SSSR count). The summed E-state index contributed by atoms with van der Waals surface area (Å²) in [4.78, 5) is 24.5. The van der Waals surface area contributed by atoms with E-state index >= 15 is 0 Å². The highest BCUT2D eigenvalue weighted by atomic mass is 16.6. The first-order valence-corrected chi connectivity index (χ1v) is 8.64. The van der Waals surface area contributed by atoms with Gasteiger partial charge in [-0.1, -0.05) is 30.3 Å². The Kier molecular flexibility index (Phi) is 6.52. The van der Waals surface area contributed by atoms with Crippen LogP contribution in [0, 0.1) is 0 Å². The lowest BCUT2D eigenvalue weighted by Crippen LogP contribution is -2.40. The number of carbonyl (C=O) groups excluding carboxylic acids is 2. The van der Waals surface area contributed by atoms with Gasteiger partial charge < -0.3 is 15.4 Å². The van der Waals surface area contributed by atoms with E-state index in [1.165, 1.54) is 0 Å². The van der Waals surface area contributed by atoms with Gasteiger partial charge in [0.25, 0.3) is 0 Å². The summed E-state index contributed by atoms with van der Waals surface area (Å²) in [7, 11) is 1.76. The van der Waals surface area contributed by atoms with E-state index in [9.17, 15) is 9.59 Å². The summed E-state index contributed by atoms with van der Waals surface area (Å²) in [6, 6.07) is 16.2. The Morgan fingerprint density at radius 1 is 1.00 bits per heavy atom. The van der Waals surface area contributed by atoms with Crippen molar-refractivity contribution >= 4 is 17.6 Å². The second-order valence-corrected chi connectivity index (χ2v) is 7.10. The third-order valence-electron chi connectivity index (χ3n) is 3.73. The summed E-state index contributed by atoms with van der Waals surface area (Å²) in [5.41, 5.74) is 1.63. The highest BCUT2D eigenvalue weighted by molar-refractivity contribution is 5.96. The van der Waals surface area contributed by atoms with E-state index in [1.54, 1.807) is 31.3 Å². The summed E-state index contributed by atoms with van der Waals surface area (Å²) in [5, 5.41) is 5.91. The Balaban J connectivity index is 1.98. The molecule has 138 valence electrons. The monoisotopic (exact) mass is 354 g/mol. The smallest absolute Gasteiger partial charge is 0.338 e. The van der Waals surface area contributed by atoms with Gasteiger partial charge in [-0.2, -0.15) is 0 Å². The maximum atomic E-state index is 12.5. The second-order valence-electron chi connectivity index (χ2n) is 7.10. The molecule has 2 aromatic carbocycles. The summed E-state index contributed by atoms with van der Waals surface area (Å²) in [6.45, 7) is 5.47. The number of amides is 1. The van der Waals surface area contributed by atoms with Crippen LogP contribution >= 0.6 is 0 Å². The zero-order chi connectivity index (χ0) is 19.2. The average molecular weight is 354 g/mol. The fourth-order valence-electron chi connectivity index (χ4n) is 2.43. The Morgan fingerprint density at radius 2 is 1.62 bits per heavy atom. The zero-order valence-corrected chi connectivity index (χ0v) is 15.7. The van der Waals surface area contributed by atoms with Crippen LogP contribution in [0.25, 0.3) is 0 Å². The Morgan fingerprint density at radius 3 is 2.15 bits per heavy atom. The van der Waals surface area contributed by atoms with Crippen LogP contribution in [0.4, 0.5) is 5.69 Å². The summed E-state index contributed by atoms with van der Waals surface area (Å²) < 4.78 is 5.33. The molecule has 5 heteroatoms. The van der Waals surface area contributed by atoms with Crippen LogP contribution in [0.1, 0.15) is 36.7 Å². The van der Waals surface area contributed by atoms with Gasteiger partial charge in [-0.3, -0.25) is 4.79 Å². The molecule has 2 N–H and O–H groups in total. The van der Waals surface area contributed by atoms with Crippen LogP contribution < -0.4 is 10.6 Å². The van der Waals surface area contributed by atoms with Crippen LogP contribution in [0.15, 0.2) is 54.6 Å². The maximum absolute atomic E-state index is 12.5. The average Bonchev–Trinajstić information content (AvgIpc) is 2.59. The van der Waals surface area contributed by atoms with E-state index in [4.69, 9.17) is 4.74 Å². The Labute approximate surface area is 154 Å². The van der Waals surface area contributed by atoms with Crippen LogP contribution in [0.3, 0.4) is 0 Å². The van der Waals surface area contributed by atoms with E-state index in [0.717, 1.165) is 5.56 Å². The second kappa shape index (κ2) is 8.63. The molecule has 26 heavy (non-hydrogen) atoms. The van der Waals surface area contributed by atoms with Crippen LogP contribution in [0.2, 0.25) is 0 Å². The van der Waals surface area contributed by atoms with E-state index < -0.39 is 5.60 Å². The van der Waals surface area contributed by atoms with E-state index in [-0.39, 0.29) is 17.9 Å². The number of carbonyl (C=O) groups is 2. The molecule has 1 unspecified atom stereocenters. The molecule has 2 aromatic rings. The molecule has 0 bridgehead atoms. The molecule has 0 aliphatic carbocycles. The van der Waals surface area contributed by atoms with E-state index in [1.807, 2.05) is 51.1 Å². The number of hydrogen-bond acceptors (Lipinski definition) is 4. The van der Waals surface area contributed by atoms with Crippen molar-refractivity contribution in [2.75, 3.05) is 12.4 Å². The molecule has 0 spiro atoms. The lowest BCUT2D eigenvalue weighted by Gasteiger charge is -2.19. The zero-order valence-electron chi connectivity index (χ0n) is 15.7. The van der Waals surface area contributed by atoms with Gasteiger partial charge in [0, 0.05) is 5.69 Å². The van der Waals surface area contributed by atoms with Gasteiger partial charge in [0.15, 0.2) is 0 Å². The largest absolute Gasteiger partial charge is 0.456 e. The van der Waals surface area contributed by atoms with Gasteiger partial charge in [0.2, 0.25) is 5.91 Å². The fourth-order valence-corrected chi connectivity index (χ4v) is 2.43. The maximum Gasteiger partial charge on any atom is 0.338 e.